The minimum atomic E-state index is 0.841. The average molecular weight is 695 g/mol. The summed E-state index contributed by atoms with van der Waals surface area (Å²) in [5.74, 6) is 3.09. The molecule has 0 radical (unpaired) electrons. The average Bonchev–Trinajstić information content (AvgIpc) is 3.17. The van der Waals surface area contributed by atoms with Gasteiger partial charge >= 0.3 is 360 Å². The molecule has 0 spiro atoms. The van der Waals surface area contributed by atoms with E-state index in [0.717, 1.165) is 17.3 Å². The second-order valence-corrected chi connectivity index (χ2v) is 17.5. The Balaban J connectivity index is 2.26. The van der Waals surface area contributed by atoms with E-state index in [1.54, 1.807) is 0 Å². The van der Waals surface area contributed by atoms with Gasteiger partial charge in [-0.1, -0.05) is 0 Å². The van der Waals surface area contributed by atoms with Crippen molar-refractivity contribution < 1.29 is 0 Å². The molecule has 0 aliphatic carbocycles. The predicted octanol–water partition coefficient (Wildman–Crippen LogP) is -23.3. The van der Waals surface area contributed by atoms with E-state index in [-0.39, 0.29) is 0 Å². The standard InChI is InChI=1S/C35H47B21/c1-3-7(38)19(40)8-6(4-36)9(20(41)15-14(18(39)5(2)37)26(47)32(53)33(54)27(15)48)11-12(23(44)31(52)30(51)22(11)43)10(8)13-21(42)16-17(25(46)24(13)45)29(50)35(56)34(55)28(16)49/h1,41H,4,36-40,42-56H2,2H3/b18-5-,19-7-. The molecule has 5 rings (SSSR count). The summed E-state index contributed by atoms with van der Waals surface area (Å²) in [5, 5.41) is 5.47. The van der Waals surface area contributed by atoms with Crippen molar-refractivity contribution in [2.45, 2.75) is 13.2 Å². The fourth-order valence-corrected chi connectivity index (χ4v) is 10.1. The molecule has 0 atom stereocenters. The van der Waals surface area contributed by atoms with Gasteiger partial charge in [-0.3, -0.25) is 0 Å². The van der Waals surface area contributed by atoms with E-state index in [4.69, 9.17) is 13.9 Å². The molecule has 0 bridgehead atoms. The van der Waals surface area contributed by atoms with Gasteiger partial charge in [0.25, 0.3) is 0 Å². The van der Waals surface area contributed by atoms with Crippen LogP contribution in [0.4, 0.5) is 0 Å². The Morgan fingerprint density at radius 1 is 0.446 bits per heavy atom. The molecule has 5 aromatic carbocycles. The molecule has 0 N–H and O–H groups in total. The van der Waals surface area contributed by atoms with Crippen LogP contribution in [-0.2, 0) is 6.32 Å². The van der Waals surface area contributed by atoms with Gasteiger partial charge in [0, 0.05) is 0 Å². The third kappa shape index (κ3) is 6.38. The van der Waals surface area contributed by atoms with Crippen LogP contribution < -0.4 is 81.9 Å². The number of fused-ring (bicyclic) bond motifs is 2. The van der Waals surface area contributed by atoms with Gasteiger partial charge in [-0.15, -0.1) is 0 Å². The van der Waals surface area contributed by atoms with E-state index in [0.29, 0.717) is 0 Å². The zero-order valence-electron chi connectivity index (χ0n) is 39.0. The van der Waals surface area contributed by atoms with E-state index in [1.807, 2.05) is 0 Å². The molecule has 21 heteroatoms. The van der Waals surface area contributed by atoms with Crippen molar-refractivity contribution >= 4 is 284 Å². The first kappa shape index (κ1) is 44.0. The Kier molecular flexibility index (Phi) is 12.5. The molecule has 0 heterocycles. The summed E-state index contributed by atoms with van der Waals surface area (Å²) in [6.45, 7) is 2.24. The molecule has 56 heavy (non-hydrogen) atoms. The predicted molar refractivity (Wildman–Crippen MR) is 321 cm³/mol. The Morgan fingerprint density at radius 2 is 0.839 bits per heavy atom. The Morgan fingerprint density at radius 3 is 1.29 bits per heavy atom. The summed E-state index contributed by atoms with van der Waals surface area (Å²) in [5.41, 5.74) is 35.4. The van der Waals surface area contributed by atoms with Crippen molar-refractivity contribution in [3.63, 3.8) is 0 Å². The molecular weight excluding hydrogens is 647 g/mol. The molecule has 0 aromatic heterocycles. The molecule has 0 saturated heterocycles. The van der Waals surface area contributed by atoms with Crippen LogP contribution in [-0.4, -0.2) is 170 Å². The van der Waals surface area contributed by atoms with Crippen molar-refractivity contribution in [3.05, 3.63) is 38.8 Å². The van der Waals surface area contributed by atoms with Crippen LogP contribution in [0.15, 0.2) is 10.9 Å². The molecular formula is C35H47B21. The van der Waals surface area contributed by atoms with Crippen LogP contribution in [0.1, 0.15) is 34.7 Å². The van der Waals surface area contributed by atoms with Crippen LogP contribution in [0.2, 0.25) is 0 Å². The zero-order valence-corrected chi connectivity index (χ0v) is 39.0. The summed E-state index contributed by atoms with van der Waals surface area (Å²) < 4.78 is 0. The van der Waals surface area contributed by atoms with Gasteiger partial charge in [0.1, 0.15) is 0 Å². The van der Waals surface area contributed by atoms with Gasteiger partial charge in [-0.05, 0) is 0 Å². The van der Waals surface area contributed by atoms with Crippen LogP contribution >= 0.6 is 0 Å². The first-order chi connectivity index (χ1) is 26.0. The van der Waals surface area contributed by atoms with Gasteiger partial charge in [0.15, 0.2) is 0 Å². The number of hydrogen-bond acceptors (Lipinski definition) is 0. The van der Waals surface area contributed by atoms with Crippen LogP contribution in [0.3, 0.4) is 0 Å². The van der Waals surface area contributed by atoms with Crippen LogP contribution in [0.25, 0.3) is 43.6 Å². The van der Waals surface area contributed by atoms with E-state index >= 15 is 0 Å². The Bertz CT molecular complexity index is 2750. The van der Waals surface area contributed by atoms with Crippen LogP contribution in [0, 0.1) is 12.3 Å². The van der Waals surface area contributed by atoms with Gasteiger partial charge < -0.3 is 0 Å². The van der Waals surface area contributed by atoms with Crippen molar-refractivity contribution in [1.82, 2.24) is 0 Å². The zero-order chi connectivity index (χ0) is 42.3. The molecule has 0 aliphatic heterocycles. The normalized spacial score (nSPS) is 12.3. The fraction of sp³-hybridized carbons (Fsp3) is 0.0571. The number of terminal acetylenes is 1. The van der Waals surface area contributed by atoms with Crippen molar-refractivity contribution in [3.8, 4) is 23.5 Å². The van der Waals surface area contributed by atoms with Gasteiger partial charge in [0.2, 0.25) is 0 Å². The summed E-state index contributed by atoms with van der Waals surface area (Å²) in [4.78, 5) is 0. The fourth-order valence-electron chi connectivity index (χ4n) is 10.1. The minimum absolute atomic E-state index is 0.841. The quantitative estimate of drug-likeness (QED) is 0.123. The summed E-state index contributed by atoms with van der Waals surface area (Å²) in [6.07, 6.45) is 7.18. The van der Waals surface area contributed by atoms with E-state index in [9.17, 15) is 0 Å². The molecule has 0 aliphatic rings. The number of allylic oxidation sites excluding steroid dienone is 2. The molecule has 0 saturated carbocycles. The monoisotopic (exact) mass is 699 g/mol. The molecule has 5 aromatic rings. The van der Waals surface area contributed by atoms with E-state index in [1.165, 1.54) is 159 Å². The molecule has 0 amide bonds. The molecule has 0 nitrogen and oxygen atoms in total. The molecule has 0 unspecified atom stereocenters. The van der Waals surface area contributed by atoms with Crippen molar-refractivity contribution in [2.24, 2.45) is 0 Å². The van der Waals surface area contributed by atoms with Crippen LogP contribution in [0.5, 0.6) is 0 Å². The first-order valence-corrected chi connectivity index (χ1v) is 20.7. The maximum atomic E-state index is 6.33. The third-order valence-corrected chi connectivity index (χ3v) is 15.0. The molecule has 0 fully saturated rings. The third-order valence-electron chi connectivity index (χ3n) is 15.0. The van der Waals surface area contributed by atoms with Gasteiger partial charge in [0.05, 0.1) is 0 Å². The number of rotatable bonds is 6. The van der Waals surface area contributed by atoms with Gasteiger partial charge in [-0.2, -0.15) is 0 Å². The van der Waals surface area contributed by atoms with Crippen molar-refractivity contribution in [1.29, 1.82) is 0 Å². The maximum absolute atomic E-state index is 6.33. The Hall–Kier alpha value is -3.11. The SMILES string of the molecule is B=C(c1c(B)c(B)c(B)c(B)c1/C(B)=C(/B)C)c1c(CB)c(/C(B)=C(/B)C#C)c(-c2c(B)c(B)c3c(B)c(B)c(B)c(B)c3c2B)c2c(B)c(B)c(B)c(B)c12. The van der Waals surface area contributed by atoms with E-state index in [2.05, 4.69) is 170 Å². The second kappa shape index (κ2) is 15.9. The first-order valence-electron chi connectivity index (χ1n) is 20.7. The van der Waals surface area contributed by atoms with E-state index < -0.39 is 0 Å². The van der Waals surface area contributed by atoms with Gasteiger partial charge in [-0.25, -0.2) is 0 Å². The van der Waals surface area contributed by atoms with Crippen molar-refractivity contribution in [2.75, 3.05) is 0 Å². The number of benzene rings is 5. The topological polar surface area (TPSA) is 0 Å². The molecule has 250 valence electrons. The number of hydrogen-bond donors (Lipinski definition) is 0. The summed E-state index contributed by atoms with van der Waals surface area (Å²) in [6, 6.07) is 0. The summed E-state index contributed by atoms with van der Waals surface area (Å²) in [7, 11) is 51.3. The Labute approximate surface area is 357 Å². The summed E-state index contributed by atoms with van der Waals surface area (Å²) >= 11 is 0. The second-order valence-electron chi connectivity index (χ2n) is 17.5.